The van der Waals surface area contributed by atoms with Gasteiger partial charge in [-0.25, -0.2) is 4.79 Å². The number of benzene rings is 5. The van der Waals surface area contributed by atoms with Gasteiger partial charge in [0.05, 0.1) is 22.4 Å². The molecule has 1 aliphatic carbocycles. The van der Waals surface area contributed by atoms with E-state index in [1.54, 1.807) is 9.13 Å². The zero-order valence-electron chi connectivity index (χ0n) is 28.2. The number of imidazole rings is 1. The fourth-order valence-corrected chi connectivity index (χ4v) is 7.77. The molecule has 0 N–H and O–H groups in total. The second kappa shape index (κ2) is 11.3. The molecule has 0 amide bonds. The lowest BCUT2D eigenvalue weighted by atomic mass is 9.81. The lowest BCUT2D eigenvalue weighted by Gasteiger charge is -2.23. The molecule has 8 rings (SSSR count). The van der Waals surface area contributed by atoms with Gasteiger partial charge in [0, 0.05) is 36.6 Å². The Labute approximate surface area is 282 Å². The molecule has 236 valence electrons. The van der Waals surface area contributed by atoms with Crippen molar-refractivity contribution in [2.45, 2.75) is 32.6 Å². The minimum atomic E-state index is -0.228. The maximum absolute atomic E-state index is 12.8. The number of fused-ring (bicyclic) bond motifs is 4. The van der Waals surface area contributed by atoms with E-state index in [2.05, 4.69) is 136 Å². The van der Waals surface area contributed by atoms with Crippen LogP contribution >= 0.6 is 0 Å². The maximum Gasteiger partial charge on any atom is 0.328 e. The van der Waals surface area contributed by atoms with Gasteiger partial charge in [-0.15, -0.1) is 0 Å². The predicted molar refractivity (Wildman–Crippen MR) is 200 cm³/mol. The Morgan fingerprint density at radius 1 is 0.667 bits per heavy atom. The van der Waals surface area contributed by atoms with E-state index in [0.717, 1.165) is 51.1 Å². The quantitative estimate of drug-likeness (QED) is 0.188. The first-order chi connectivity index (χ1) is 23.3. The average molecular weight is 626 g/mol. The summed E-state index contributed by atoms with van der Waals surface area (Å²) in [6.07, 6.45) is 5.63. The molecule has 4 heteroatoms. The molecule has 4 nitrogen and oxygen atoms in total. The summed E-state index contributed by atoms with van der Waals surface area (Å²) in [6.45, 7) is 6.90. The summed E-state index contributed by atoms with van der Waals surface area (Å²) in [5.74, 6) is 0.193. The van der Waals surface area contributed by atoms with Gasteiger partial charge >= 0.3 is 5.69 Å². The average Bonchev–Trinajstić information content (AvgIpc) is 3.37. The summed E-state index contributed by atoms with van der Waals surface area (Å²) in [6, 6.07) is 41.1. The summed E-state index contributed by atoms with van der Waals surface area (Å²) in [5.41, 5.74) is 15.7. The van der Waals surface area contributed by atoms with Crippen molar-refractivity contribution in [2.24, 2.45) is 25.0 Å². The van der Waals surface area contributed by atoms with Crippen molar-refractivity contribution < 1.29 is 0 Å². The largest absolute Gasteiger partial charge is 0.328 e. The molecular weight excluding hydrogens is 587 g/mol. The van der Waals surface area contributed by atoms with E-state index in [1.807, 2.05) is 26.2 Å². The number of para-hydroxylation sites is 1. The van der Waals surface area contributed by atoms with Crippen molar-refractivity contribution in [3.63, 3.8) is 0 Å². The number of aryl methyl sites for hydroxylation is 2. The summed E-state index contributed by atoms with van der Waals surface area (Å²) in [5, 5.41) is 0. The lowest BCUT2D eigenvalue weighted by molar-refractivity contribution is 0.660. The van der Waals surface area contributed by atoms with E-state index in [9.17, 15) is 4.79 Å². The van der Waals surface area contributed by atoms with Crippen LogP contribution in [0, 0.1) is 5.92 Å². The molecule has 2 aliphatic rings. The fraction of sp³-hybridized carbons (Fsp3) is 0.182. The first-order valence-electron chi connectivity index (χ1n) is 16.8. The summed E-state index contributed by atoms with van der Waals surface area (Å²) >= 11 is 0. The van der Waals surface area contributed by atoms with Crippen LogP contribution in [0.5, 0.6) is 0 Å². The van der Waals surface area contributed by atoms with Crippen LogP contribution in [0.4, 0.5) is 0 Å². The van der Waals surface area contributed by atoms with Crippen molar-refractivity contribution in [1.29, 1.82) is 0 Å². The summed E-state index contributed by atoms with van der Waals surface area (Å²) in [7, 11) is 3.70. The van der Waals surface area contributed by atoms with Crippen molar-refractivity contribution in [1.82, 2.24) is 9.13 Å². The fourth-order valence-electron chi connectivity index (χ4n) is 7.77. The monoisotopic (exact) mass is 625 g/mol. The van der Waals surface area contributed by atoms with Crippen LogP contribution in [0.15, 0.2) is 137 Å². The first kappa shape index (κ1) is 29.9. The van der Waals surface area contributed by atoms with Gasteiger partial charge in [0.15, 0.2) is 0 Å². The molecule has 1 aromatic heterocycles. The van der Waals surface area contributed by atoms with E-state index < -0.39 is 0 Å². The minimum absolute atomic E-state index is 0.0136. The van der Waals surface area contributed by atoms with Crippen LogP contribution in [-0.2, 0) is 19.5 Å². The molecule has 5 aromatic carbocycles. The molecule has 0 saturated carbocycles. The van der Waals surface area contributed by atoms with Gasteiger partial charge in [0.25, 0.3) is 0 Å². The molecular formula is C44H39N3O. The van der Waals surface area contributed by atoms with E-state index in [4.69, 9.17) is 4.99 Å². The van der Waals surface area contributed by atoms with E-state index >= 15 is 0 Å². The Morgan fingerprint density at radius 3 is 1.96 bits per heavy atom. The van der Waals surface area contributed by atoms with Gasteiger partial charge in [-0.2, -0.15) is 0 Å². The predicted octanol–water partition coefficient (Wildman–Crippen LogP) is 9.80. The number of nitrogens with zero attached hydrogens (tertiary/aromatic N) is 3. The standard InChI is InChI=1S/C44H39N3O/c1-6-28-24-33(29-14-9-7-10-15-29)27-39(45-41(28)30-16-11-8-12-17-30)32-21-23-36-35-22-20-31(25-37(35)44(2,3)38(36)26-32)34-18-13-19-40-42(34)47(5)43(48)46(40)4/h7-28H,6H2,1-5H3. The van der Waals surface area contributed by atoms with E-state index in [1.165, 1.54) is 33.4 Å². The van der Waals surface area contributed by atoms with Crippen molar-refractivity contribution in [3.8, 4) is 22.3 Å². The van der Waals surface area contributed by atoms with E-state index in [0.29, 0.717) is 0 Å². The molecule has 0 bridgehead atoms. The van der Waals surface area contributed by atoms with Crippen LogP contribution in [0.3, 0.4) is 0 Å². The third kappa shape index (κ3) is 4.66. The Bertz CT molecular complexity index is 2380. The maximum atomic E-state index is 12.8. The third-order valence-corrected chi connectivity index (χ3v) is 10.4. The molecule has 6 aromatic rings. The van der Waals surface area contributed by atoms with Crippen LogP contribution in [0.1, 0.15) is 55.0 Å². The number of aliphatic imine (C=N–C) groups is 1. The van der Waals surface area contributed by atoms with Gasteiger partial charge in [-0.1, -0.05) is 124 Å². The number of hydrogen-bond donors (Lipinski definition) is 0. The second-order valence-electron chi connectivity index (χ2n) is 13.6. The first-order valence-corrected chi connectivity index (χ1v) is 16.8. The Balaban J connectivity index is 1.26. The number of hydrogen-bond acceptors (Lipinski definition) is 2. The van der Waals surface area contributed by atoms with Gasteiger partial charge < -0.3 is 0 Å². The number of aromatic nitrogens is 2. The summed E-state index contributed by atoms with van der Waals surface area (Å²) in [4.78, 5) is 18.3. The number of allylic oxidation sites excluding steroid dienone is 3. The van der Waals surface area contributed by atoms with Crippen molar-refractivity contribution in [3.05, 3.63) is 166 Å². The highest BCUT2D eigenvalue weighted by molar-refractivity contribution is 6.08. The van der Waals surface area contributed by atoms with Gasteiger partial charge in [0.2, 0.25) is 0 Å². The molecule has 0 spiro atoms. The molecule has 1 atom stereocenters. The van der Waals surface area contributed by atoms with Gasteiger partial charge in [-0.05, 0) is 75.2 Å². The lowest BCUT2D eigenvalue weighted by Crippen LogP contribution is -2.19. The summed E-state index contributed by atoms with van der Waals surface area (Å²) < 4.78 is 3.48. The molecule has 0 radical (unpaired) electrons. The topological polar surface area (TPSA) is 39.3 Å². The van der Waals surface area contributed by atoms with Crippen LogP contribution in [0.2, 0.25) is 0 Å². The molecule has 48 heavy (non-hydrogen) atoms. The molecule has 1 aliphatic heterocycles. The Morgan fingerprint density at radius 2 is 1.29 bits per heavy atom. The third-order valence-electron chi connectivity index (χ3n) is 10.4. The van der Waals surface area contributed by atoms with E-state index in [-0.39, 0.29) is 17.0 Å². The highest BCUT2D eigenvalue weighted by Gasteiger charge is 2.36. The van der Waals surface area contributed by atoms with Crippen LogP contribution < -0.4 is 5.69 Å². The second-order valence-corrected chi connectivity index (χ2v) is 13.6. The molecule has 0 saturated heterocycles. The zero-order chi connectivity index (χ0) is 33.2. The number of rotatable bonds is 5. The highest BCUT2D eigenvalue weighted by atomic mass is 16.1. The molecule has 0 fully saturated rings. The Hall–Kier alpha value is -5.48. The molecule has 2 heterocycles. The van der Waals surface area contributed by atoms with Crippen LogP contribution in [0.25, 0.3) is 44.6 Å². The molecule has 1 unspecified atom stereocenters. The van der Waals surface area contributed by atoms with Gasteiger partial charge in [-0.3, -0.25) is 14.1 Å². The SMILES string of the molecule is CCC1C=C(c2ccccc2)C=C(c2ccc3c(c2)C(C)(C)c2cc(-c4cccc5c4n(C)c(=O)n5C)ccc2-3)N=C1c1ccccc1. The van der Waals surface area contributed by atoms with Crippen molar-refractivity contribution in [2.75, 3.05) is 0 Å². The highest BCUT2D eigenvalue weighted by Crippen LogP contribution is 2.51. The zero-order valence-corrected chi connectivity index (χ0v) is 28.2. The smallest absolute Gasteiger partial charge is 0.295 e. The van der Waals surface area contributed by atoms with Gasteiger partial charge in [0.1, 0.15) is 0 Å². The normalized spacial score (nSPS) is 16.5. The minimum Gasteiger partial charge on any atom is -0.295 e. The van der Waals surface area contributed by atoms with Crippen molar-refractivity contribution >= 4 is 28.0 Å². The Kier molecular flexibility index (Phi) is 7.06. The van der Waals surface area contributed by atoms with Crippen LogP contribution in [-0.4, -0.2) is 14.8 Å².